The van der Waals surface area contributed by atoms with Gasteiger partial charge in [0.15, 0.2) is 0 Å². The molecule has 0 radical (unpaired) electrons. The summed E-state index contributed by atoms with van der Waals surface area (Å²) >= 11 is 0. The highest BCUT2D eigenvalue weighted by Crippen LogP contribution is 2.49. The highest BCUT2D eigenvalue weighted by atomic mass is 32.2. The first-order chi connectivity index (χ1) is 18.7. The van der Waals surface area contributed by atoms with Crippen molar-refractivity contribution in [2.75, 3.05) is 45.2 Å². The van der Waals surface area contributed by atoms with Crippen LogP contribution in [0.3, 0.4) is 0 Å². The van der Waals surface area contributed by atoms with Crippen molar-refractivity contribution in [1.29, 1.82) is 0 Å². The summed E-state index contributed by atoms with van der Waals surface area (Å²) in [7, 11) is -4.25. The molecule has 0 aromatic heterocycles. The van der Waals surface area contributed by atoms with Gasteiger partial charge in [0, 0.05) is 31.8 Å². The number of esters is 1. The number of ether oxygens (including phenoxy) is 3. The van der Waals surface area contributed by atoms with Gasteiger partial charge in [-0.3, -0.25) is 19.8 Å². The van der Waals surface area contributed by atoms with Crippen molar-refractivity contribution in [2.45, 2.75) is 31.2 Å². The summed E-state index contributed by atoms with van der Waals surface area (Å²) < 4.78 is 44.2. The van der Waals surface area contributed by atoms with Crippen LogP contribution < -0.4 is 4.74 Å². The molecule has 1 saturated heterocycles. The molecule has 1 aliphatic heterocycles. The van der Waals surface area contributed by atoms with Gasteiger partial charge in [-0.2, -0.15) is 4.31 Å². The number of carbonyl (C=O) groups excluding carboxylic acids is 2. The first-order valence-electron chi connectivity index (χ1n) is 12.7. The molecule has 1 saturated carbocycles. The lowest BCUT2D eigenvalue weighted by molar-refractivity contribution is -0.384. The predicted molar refractivity (Wildman–Crippen MR) is 140 cm³/mol. The van der Waals surface area contributed by atoms with Crippen molar-refractivity contribution in [3.8, 4) is 5.75 Å². The molecule has 2 aromatic rings. The van der Waals surface area contributed by atoms with Crippen molar-refractivity contribution in [3.05, 3.63) is 70.3 Å². The molecule has 2 aliphatic rings. The summed E-state index contributed by atoms with van der Waals surface area (Å²) in [4.78, 5) is 39.6. The molecule has 2 atom stereocenters. The summed E-state index contributed by atoms with van der Waals surface area (Å²) in [6, 6.07) is 12.4. The molecule has 210 valence electrons. The minimum absolute atomic E-state index is 0.0694. The fraction of sp³-hybridized carbons (Fsp3) is 0.462. The van der Waals surface area contributed by atoms with E-state index >= 15 is 0 Å². The van der Waals surface area contributed by atoms with Crippen LogP contribution in [0.1, 0.15) is 25.3 Å². The number of rotatable bonds is 10. The Hall–Kier alpha value is -3.55. The Labute approximate surface area is 226 Å². The highest BCUT2D eigenvalue weighted by molar-refractivity contribution is 7.89. The number of benzene rings is 2. The smallest absolute Gasteiger partial charge is 0.423 e. The number of amides is 1. The average Bonchev–Trinajstić information content (AvgIpc) is 2.91. The second-order valence-electron chi connectivity index (χ2n) is 9.30. The number of carbonyl (C=O) groups is 2. The topological polar surface area (TPSA) is 146 Å². The maximum Gasteiger partial charge on any atom is 0.423 e. The van der Waals surface area contributed by atoms with E-state index in [0.29, 0.717) is 36.2 Å². The average molecular weight is 562 g/mol. The van der Waals surface area contributed by atoms with Crippen LogP contribution in [0.5, 0.6) is 5.75 Å². The predicted octanol–water partition coefficient (Wildman–Crippen LogP) is 2.72. The van der Waals surface area contributed by atoms with Crippen molar-refractivity contribution in [1.82, 2.24) is 9.21 Å². The van der Waals surface area contributed by atoms with Gasteiger partial charge >= 0.3 is 12.1 Å². The zero-order valence-corrected chi connectivity index (χ0v) is 22.4. The first-order valence-corrected chi connectivity index (χ1v) is 14.3. The van der Waals surface area contributed by atoms with Crippen molar-refractivity contribution < 1.29 is 37.1 Å². The van der Waals surface area contributed by atoms with Crippen molar-refractivity contribution >= 4 is 27.8 Å². The molecule has 0 bridgehead atoms. The van der Waals surface area contributed by atoms with E-state index in [1.807, 2.05) is 4.90 Å². The lowest BCUT2D eigenvalue weighted by Gasteiger charge is -2.50. The maximum atomic E-state index is 13.8. The Morgan fingerprint density at radius 1 is 1.13 bits per heavy atom. The number of nitro groups is 1. The van der Waals surface area contributed by atoms with Crippen LogP contribution in [0, 0.1) is 10.1 Å². The van der Waals surface area contributed by atoms with Crippen LogP contribution in [0.25, 0.3) is 0 Å². The van der Waals surface area contributed by atoms with E-state index in [2.05, 4.69) is 0 Å². The molecule has 1 aliphatic carbocycles. The first kappa shape index (κ1) is 28.5. The van der Waals surface area contributed by atoms with Crippen LogP contribution >= 0.6 is 0 Å². The van der Waals surface area contributed by atoms with Gasteiger partial charge in [-0.05, 0) is 37.5 Å². The second kappa shape index (κ2) is 12.1. The largest absolute Gasteiger partial charge is 0.449 e. The van der Waals surface area contributed by atoms with Crippen LogP contribution in [0.2, 0.25) is 0 Å². The van der Waals surface area contributed by atoms with E-state index in [1.54, 1.807) is 37.3 Å². The highest BCUT2D eigenvalue weighted by Gasteiger charge is 2.61. The summed E-state index contributed by atoms with van der Waals surface area (Å²) in [6.07, 6.45) is -0.741. The molecule has 2 unspecified atom stereocenters. The summed E-state index contributed by atoms with van der Waals surface area (Å²) in [6.45, 7) is 3.76. The molecule has 39 heavy (non-hydrogen) atoms. The van der Waals surface area contributed by atoms with E-state index in [0.717, 1.165) is 0 Å². The van der Waals surface area contributed by atoms with E-state index in [4.69, 9.17) is 14.2 Å². The second-order valence-corrected chi connectivity index (χ2v) is 11.3. The zero-order valence-electron chi connectivity index (χ0n) is 21.6. The Kier molecular flexibility index (Phi) is 8.83. The van der Waals surface area contributed by atoms with Gasteiger partial charge in [-0.25, -0.2) is 13.2 Å². The molecule has 1 amide bonds. The third kappa shape index (κ3) is 6.05. The Balaban J connectivity index is 1.72. The molecular formula is C26H31N3O9S. The molecule has 1 heterocycles. The van der Waals surface area contributed by atoms with Gasteiger partial charge in [-0.15, -0.1) is 0 Å². The van der Waals surface area contributed by atoms with Gasteiger partial charge in [0.05, 0.1) is 36.5 Å². The minimum Gasteiger partial charge on any atom is -0.449 e. The van der Waals surface area contributed by atoms with E-state index in [9.17, 15) is 28.1 Å². The summed E-state index contributed by atoms with van der Waals surface area (Å²) in [5.74, 6) is -0.893. The third-order valence-electron chi connectivity index (χ3n) is 7.09. The maximum absolute atomic E-state index is 13.8. The molecule has 2 fully saturated rings. The van der Waals surface area contributed by atoms with Gasteiger partial charge < -0.3 is 14.2 Å². The summed E-state index contributed by atoms with van der Waals surface area (Å²) in [5, 5.41) is 11.2. The van der Waals surface area contributed by atoms with Crippen LogP contribution in [0.4, 0.5) is 10.5 Å². The fourth-order valence-electron chi connectivity index (χ4n) is 4.93. The van der Waals surface area contributed by atoms with Gasteiger partial charge in [0.25, 0.3) is 5.69 Å². The number of sulfonamides is 1. The van der Waals surface area contributed by atoms with E-state index in [1.165, 1.54) is 24.3 Å². The SMILES string of the molecule is CCOC(=O)N(C1CCC1(C(=O)Oc1ccccc1)c1ccc([N+](=O)[O-])cc1)S(=O)(=O)CCN1CCOCC1. The number of non-ortho nitro benzene ring substituents is 1. The monoisotopic (exact) mass is 561 g/mol. The lowest BCUT2D eigenvalue weighted by Crippen LogP contribution is -2.66. The van der Waals surface area contributed by atoms with Crippen LogP contribution in [0.15, 0.2) is 54.6 Å². The molecular weight excluding hydrogens is 530 g/mol. The van der Waals surface area contributed by atoms with Crippen molar-refractivity contribution in [2.24, 2.45) is 0 Å². The Morgan fingerprint density at radius 2 is 1.79 bits per heavy atom. The van der Waals surface area contributed by atoms with Gasteiger partial charge in [0.1, 0.15) is 11.2 Å². The van der Waals surface area contributed by atoms with Crippen LogP contribution in [-0.2, 0) is 29.7 Å². The molecule has 13 heteroatoms. The number of morpholine rings is 1. The molecule has 0 spiro atoms. The van der Waals surface area contributed by atoms with Crippen LogP contribution in [-0.4, -0.2) is 85.9 Å². The number of para-hydroxylation sites is 1. The zero-order chi connectivity index (χ0) is 28.0. The molecule has 12 nitrogen and oxygen atoms in total. The molecule has 4 rings (SSSR count). The minimum atomic E-state index is -4.25. The third-order valence-corrected chi connectivity index (χ3v) is 8.79. The lowest BCUT2D eigenvalue weighted by atomic mass is 9.60. The Bertz CT molecular complexity index is 1280. The number of nitro benzene ring substituents is 1. The van der Waals surface area contributed by atoms with E-state index < -0.39 is 38.5 Å². The van der Waals surface area contributed by atoms with Gasteiger partial charge in [0.2, 0.25) is 10.0 Å². The fourth-order valence-corrected chi connectivity index (χ4v) is 6.57. The standard InChI is InChI=1S/C26H31N3O9S/c1-2-37-25(31)28(39(34,35)19-16-27-14-17-36-18-15-27)23-12-13-26(23,20-8-10-21(11-9-20)29(32)33)24(30)38-22-6-4-3-5-7-22/h3-11,23H,2,12-19H2,1H3. The van der Waals surface area contributed by atoms with Crippen molar-refractivity contribution in [3.63, 3.8) is 0 Å². The van der Waals surface area contributed by atoms with E-state index in [-0.39, 0.29) is 43.2 Å². The number of hydrogen-bond donors (Lipinski definition) is 0. The summed E-state index contributed by atoms with van der Waals surface area (Å²) in [5.41, 5.74) is -1.48. The number of nitrogens with zero attached hydrogens (tertiary/aromatic N) is 3. The number of hydrogen-bond acceptors (Lipinski definition) is 10. The quantitative estimate of drug-likeness (QED) is 0.184. The Morgan fingerprint density at radius 3 is 2.36 bits per heavy atom. The molecule has 2 aromatic carbocycles. The molecule has 0 N–H and O–H groups in total. The van der Waals surface area contributed by atoms with Gasteiger partial charge in [-0.1, -0.05) is 30.3 Å². The normalized spacial score (nSPS) is 21.4.